The van der Waals surface area contributed by atoms with Crippen LogP contribution in [0.25, 0.3) is 0 Å². The minimum atomic E-state index is -0.521. The lowest BCUT2D eigenvalue weighted by Gasteiger charge is -2.14. The highest BCUT2D eigenvalue weighted by atomic mass is 16.5. The van der Waals surface area contributed by atoms with Gasteiger partial charge in [-0.1, -0.05) is 29.8 Å². The number of rotatable bonds is 5. The first-order valence-corrected chi connectivity index (χ1v) is 7.06. The lowest BCUT2D eigenvalue weighted by atomic mass is 10.1. The van der Waals surface area contributed by atoms with E-state index < -0.39 is 6.10 Å². The van der Waals surface area contributed by atoms with Crippen molar-refractivity contribution < 1.29 is 14.6 Å². The van der Waals surface area contributed by atoms with Crippen LogP contribution in [0.2, 0.25) is 0 Å². The zero-order valence-corrected chi connectivity index (χ0v) is 13.0. The highest BCUT2D eigenvalue weighted by Gasteiger charge is 2.09. The van der Waals surface area contributed by atoms with Gasteiger partial charge in [0.05, 0.1) is 13.2 Å². The van der Waals surface area contributed by atoms with Crippen LogP contribution in [0.4, 0.5) is 0 Å². The van der Waals surface area contributed by atoms with Crippen molar-refractivity contribution in [2.45, 2.75) is 33.5 Å². The Labute approximate surface area is 126 Å². The van der Waals surface area contributed by atoms with E-state index in [0.29, 0.717) is 18.1 Å². The zero-order chi connectivity index (χ0) is 15.4. The van der Waals surface area contributed by atoms with Crippen LogP contribution < -0.4 is 9.47 Å². The molecule has 1 atom stereocenters. The minimum absolute atomic E-state index is 0.498. The van der Waals surface area contributed by atoms with Gasteiger partial charge < -0.3 is 14.6 Å². The molecule has 0 fully saturated rings. The Bertz CT molecular complexity index is 618. The quantitative estimate of drug-likeness (QED) is 0.904. The van der Waals surface area contributed by atoms with Gasteiger partial charge in [0, 0.05) is 0 Å². The summed E-state index contributed by atoms with van der Waals surface area (Å²) in [5.41, 5.74) is 4.40. The molecule has 0 radical (unpaired) electrons. The SMILES string of the molecule is COc1cc(C(C)O)ccc1OCc1cc(C)ccc1C. The maximum Gasteiger partial charge on any atom is 0.161 e. The molecule has 0 heterocycles. The van der Waals surface area contributed by atoms with Crippen molar-refractivity contribution in [3.63, 3.8) is 0 Å². The van der Waals surface area contributed by atoms with Crippen molar-refractivity contribution in [2.24, 2.45) is 0 Å². The molecule has 0 aliphatic heterocycles. The molecule has 0 aliphatic rings. The number of benzene rings is 2. The summed E-state index contributed by atoms with van der Waals surface area (Å²) in [6.07, 6.45) is -0.521. The number of methoxy groups -OCH3 is 1. The third kappa shape index (κ3) is 3.76. The Morgan fingerprint density at radius 1 is 1.05 bits per heavy atom. The van der Waals surface area contributed by atoms with Crippen molar-refractivity contribution in [1.29, 1.82) is 0 Å². The first kappa shape index (κ1) is 15.4. The first-order valence-electron chi connectivity index (χ1n) is 7.06. The van der Waals surface area contributed by atoms with Crippen molar-refractivity contribution >= 4 is 0 Å². The van der Waals surface area contributed by atoms with Crippen LogP contribution in [0.1, 0.15) is 35.3 Å². The van der Waals surface area contributed by atoms with Crippen LogP contribution in [0.15, 0.2) is 36.4 Å². The molecule has 0 spiro atoms. The fourth-order valence-corrected chi connectivity index (χ4v) is 2.17. The van der Waals surface area contributed by atoms with E-state index in [-0.39, 0.29) is 0 Å². The summed E-state index contributed by atoms with van der Waals surface area (Å²) >= 11 is 0. The van der Waals surface area contributed by atoms with Gasteiger partial charge in [-0.05, 0) is 49.6 Å². The fraction of sp³-hybridized carbons (Fsp3) is 0.333. The Balaban J connectivity index is 2.18. The summed E-state index contributed by atoms with van der Waals surface area (Å²) in [4.78, 5) is 0. The number of hydrogen-bond donors (Lipinski definition) is 1. The molecule has 1 N–H and O–H groups in total. The average molecular weight is 286 g/mol. The maximum atomic E-state index is 9.61. The molecule has 2 aromatic rings. The average Bonchev–Trinajstić information content (AvgIpc) is 2.47. The van der Waals surface area contributed by atoms with E-state index in [1.807, 2.05) is 18.2 Å². The summed E-state index contributed by atoms with van der Waals surface area (Å²) < 4.78 is 11.2. The Morgan fingerprint density at radius 3 is 2.48 bits per heavy atom. The third-order valence-electron chi connectivity index (χ3n) is 3.56. The highest BCUT2D eigenvalue weighted by molar-refractivity contribution is 5.43. The minimum Gasteiger partial charge on any atom is -0.493 e. The molecule has 0 amide bonds. The van der Waals surface area contributed by atoms with Gasteiger partial charge in [0.25, 0.3) is 0 Å². The van der Waals surface area contributed by atoms with E-state index >= 15 is 0 Å². The standard InChI is InChI=1S/C18H22O3/c1-12-5-6-13(2)16(9-12)11-21-17-8-7-15(14(3)19)10-18(17)20-4/h5-10,14,19H,11H2,1-4H3. The molecule has 3 nitrogen and oxygen atoms in total. The molecule has 0 bridgehead atoms. The van der Waals surface area contributed by atoms with Gasteiger partial charge in [-0.2, -0.15) is 0 Å². The molecule has 0 saturated heterocycles. The molecular formula is C18H22O3. The smallest absolute Gasteiger partial charge is 0.161 e. The van der Waals surface area contributed by atoms with E-state index in [1.54, 1.807) is 14.0 Å². The maximum absolute atomic E-state index is 9.61. The molecular weight excluding hydrogens is 264 g/mol. The molecule has 0 aliphatic carbocycles. The van der Waals surface area contributed by atoms with Gasteiger partial charge in [0.2, 0.25) is 0 Å². The third-order valence-corrected chi connectivity index (χ3v) is 3.56. The van der Waals surface area contributed by atoms with Gasteiger partial charge in [-0.3, -0.25) is 0 Å². The van der Waals surface area contributed by atoms with Crippen LogP contribution in [0, 0.1) is 13.8 Å². The topological polar surface area (TPSA) is 38.7 Å². The van der Waals surface area contributed by atoms with Crippen LogP contribution >= 0.6 is 0 Å². The largest absolute Gasteiger partial charge is 0.493 e. The van der Waals surface area contributed by atoms with Gasteiger partial charge in [0.15, 0.2) is 11.5 Å². The number of aliphatic hydroxyl groups excluding tert-OH is 1. The Kier molecular flexibility index (Phi) is 4.86. The molecule has 0 aromatic heterocycles. The van der Waals surface area contributed by atoms with Gasteiger partial charge in [-0.15, -0.1) is 0 Å². The van der Waals surface area contributed by atoms with Crippen molar-refractivity contribution in [3.8, 4) is 11.5 Å². The highest BCUT2D eigenvalue weighted by Crippen LogP contribution is 2.31. The molecule has 2 aromatic carbocycles. The normalized spacial score (nSPS) is 12.0. The monoisotopic (exact) mass is 286 g/mol. The lowest BCUT2D eigenvalue weighted by molar-refractivity contribution is 0.198. The van der Waals surface area contributed by atoms with E-state index in [4.69, 9.17) is 9.47 Å². The summed E-state index contributed by atoms with van der Waals surface area (Å²) in [5, 5.41) is 9.61. The molecule has 112 valence electrons. The molecule has 0 saturated carbocycles. The van der Waals surface area contributed by atoms with E-state index in [0.717, 1.165) is 11.1 Å². The second-order valence-corrected chi connectivity index (χ2v) is 5.30. The summed E-state index contributed by atoms with van der Waals surface area (Å²) in [7, 11) is 1.60. The van der Waals surface area contributed by atoms with Crippen LogP contribution in [-0.4, -0.2) is 12.2 Å². The van der Waals surface area contributed by atoms with Crippen molar-refractivity contribution in [2.75, 3.05) is 7.11 Å². The number of hydrogen-bond acceptors (Lipinski definition) is 3. The van der Waals surface area contributed by atoms with E-state index in [1.165, 1.54) is 11.1 Å². The zero-order valence-electron chi connectivity index (χ0n) is 13.0. The Morgan fingerprint density at radius 2 is 1.81 bits per heavy atom. The molecule has 1 unspecified atom stereocenters. The van der Waals surface area contributed by atoms with Crippen LogP contribution in [0.3, 0.4) is 0 Å². The second kappa shape index (κ2) is 6.64. The fourth-order valence-electron chi connectivity index (χ4n) is 2.17. The van der Waals surface area contributed by atoms with Gasteiger partial charge in [-0.25, -0.2) is 0 Å². The van der Waals surface area contributed by atoms with Crippen molar-refractivity contribution in [1.82, 2.24) is 0 Å². The van der Waals surface area contributed by atoms with Gasteiger partial charge in [0.1, 0.15) is 6.61 Å². The summed E-state index contributed by atoms with van der Waals surface area (Å²) in [5.74, 6) is 1.32. The van der Waals surface area contributed by atoms with Crippen molar-refractivity contribution in [3.05, 3.63) is 58.7 Å². The second-order valence-electron chi connectivity index (χ2n) is 5.30. The number of aliphatic hydroxyl groups is 1. The predicted octanol–water partition coefficient (Wildman–Crippen LogP) is 3.94. The van der Waals surface area contributed by atoms with E-state index in [9.17, 15) is 5.11 Å². The molecule has 2 rings (SSSR count). The van der Waals surface area contributed by atoms with Crippen LogP contribution in [-0.2, 0) is 6.61 Å². The number of ether oxygens (including phenoxy) is 2. The molecule has 3 heteroatoms. The lowest BCUT2D eigenvalue weighted by Crippen LogP contribution is -2.01. The Hall–Kier alpha value is -2.00. The summed E-state index contributed by atoms with van der Waals surface area (Å²) in [6, 6.07) is 11.8. The van der Waals surface area contributed by atoms with Crippen LogP contribution in [0.5, 0.6) is 11.5 Å². The van der Waals surface area contributed by atoms with Gasteiger partial charge >= 0.3 is 0 Å². The predicted molar refractivity (Wildman–Crippen MR) is 83.9 cm³/mol. The number of aryl methyl sites for hydroxylation is 2. The van der Waals surface area contributed by atoms with E-state index in [2.05, 4.69) is 32.0 Å². The molecule has 21 heavy (non-hydrogen) atoms. The first-order chi connectivity index (χ1) is 10.0. The summed E-state index contributed by atoms with van der Waals surface area (Å²) in [6.45, 7) is 6.37.